The maximum atomic E-state index is 2.54. The maximum Gasteiger partial charge on any atom is -0.00434 e. The van der Waals surface area contributed by atoms with Gasteiger partial charge in [0.05, 0.1) is 0 Å². The summed E-state index contributed by atoms with van der Waals surface area (Å²) in [5, 5.41) is 5.72. The molecule has 0 heterocycles. The smallest absolute Gasteiger partial charge is 0.00434 e. The van der Waals surface area contributed by atoms with Gasteiger partial charge < -0.3 is 0 Å². The summed E-state index contributed by atoms with van der Waals surface area (Å²) in [5.74, 6) is 3.04. The molecule has 0 unspecified atom stereocenters. The number of benzene rings is 3. The van der Waals surface area contributed by atoms with E-state index < -0.39 is 0 Å². The Morgan fingerprint density at radius 2 is 1.48 bits per heavy atom. The fraction of sp³-hybridized carbons (Fsp3) is 0.517. The second kappa shape index (κ2) is 7.46. The molecule has 0 radical (unpaired) electrons. The van der Waals surface area contributed by atoms with Crippen LogP contribution in [0, 0.1) is 30.6 Å². The van der Waals surface area contributed by atoms with Crippen LogP contribution in [0.25, 0.3) is 21.5 Å². The lowest BCUT2D eigenvalue weighted by Gasteiger charge is -2.36. The van der Waals surface area contributed by atoms with Crippen LogP contribution in [-0.4, -0.2) is 0 Å². The lowest BCUT2D eigenvalue weighted by Crippen LogP contribution is -2.30. The summed E-state index contributed by atoms with van der Waals surface area (Å²) in [7, 11) is 0. The molecule has 0 saturated heterocycles. The Hall–Kier alpha value is -1.82. The average Bonchev–Trinajstić information content (AvgIpc) is 3.05. The van der Waals surface area contributed by atoms with E-state index in [1.54, 1.807) is 11.1 Å². The zero-order valence-corrected chi connectivity index (χ0v) is 19.5. The molecule has 3 aromatic rings. The summed E-state index contributed by atoms with van der Waals surface area (Å²) in [6.07, 6.45) is 3.83. The van der Waals surface area contributed by atoms with Gasteiger partial charge in [-0.2, -0.15) is 0 Å². The quantitative estimate of drug-likeness (QED) is 0.386. The summed E-state index contributed by atoms with van der Waals surface area (Å²) in [4.78, 5) is 0. The number of hydrogen-bond donors (Lipinski definition) is 0. The molecule has 0 amide bonds. The van der Waals surface area contributed by atoms with Gasteiger partial charge in [-0.3, -0.25) is 0 Å². The van der Waals surface area contributed by atoms with Gasteiger partial charge in [-0.15, -0.1) is 0 Å². The first-order valence-electron chi connectivity index (χ1n) is 11.7. The molecule has 4 atom stereocenters. The van der Waals surface area contributed by atoms with E-state index in [1.807, 2.05) is 0 Å². The van der Waals surface area contributed by atoms with Gasteiger partial charge in [0.1, 0.15) is 0 Å². The fourth-order valence-electron chi connectivity index (χ4n) is 5.92. The van der Waals surface area contributed by atoms with Crippen molar-refractivity contribution in [1.29, 1.82) is 0 Å². The van der Waals surface area contributed by atoms with E-state index in [0.29, 0.717) is 11.3 Å². The zero-order chi connectivity index (χ0) is 20.9. The molecule has 4 rings (SSSR count). The highest BCUT2D eigenvalue weighted by Gasteiger charge is 2.40. The number of aryl methyl sites for hydroxylation is 2. The van der Waals surface area contributed by atoms with Gasteiger partial charge in [0.15, 0.2) is 0 Å². The second-order valence-electron chi connectivity index (χ2n) is 10.6. The van der Waals surface area contributed by atoms with Crippen LogP contribution < -0.4 is 0 Å². The Balaban J connectivity index is 1.74. The first-order valence-corrected chi connectivity index (χ1v) is 11.7. The Bertz CT molecular complexity index is 1040. The topological polar surface area (TPSA) is 0 Å². The predicted molar refractivity (Wildman–Crippen MR) is 129 cm³/mol. The van der Waals surface area contributed by atoms with Crippen LogP contribution in [0.1, 0.15) is 71.1 Å². The molecule has 1 aliphatic rings. The second-order valence-corrected chi connectivity index (χ2v) is 10.6. The Morgan fingerprint density at radius 1 is 0.828 bits per heavy atom. The standard InChI is InChI=1S/C29H38/c1-18(2)22(6)20(4)17-21(5)29(7)16-15-27-26-12-11-23-19(3)9-8-10-24(23)25(26)13-14-28(27)29/h8-14,18,20-22H,15-17H2,1-7H3/t20-,21+,22-,29-/m0/s1. The summed E-state index contributed by atoms with van der Waals surface area (Å²) >= 11 is 0. The monoisotopic (exact) mass is 386 g/mol. The van der Waals surface area contributed by atoms with Crippen LogP contribution in [0.2, 0.25) is 0 Å². The molecule has 1 aliphatic carbocycles. The molecule has 0 saturated carbocycles. The highest BCUT2D eigenvalue weighted by atomic mass is 14.4. The molecule has 0 spiro atoms. The van der Waals surface area contributed by atoms with Crippen molar-refractivity contribution in [1.82, 2.24) is 0 Å². The van der Waals surface area contributed by atoms with Crippen molar-refractivity contribution in [2.45, 2.75) is 73.1 Å². The third-order valence-corrected chi connectivity index (χ3v) is 8.66. The van der Waals surface area contributed by atoms with Crippen molar-refractivity contribution in [2.24, 2.45) is 23.7 Å². The van der Waals surface area contributed by atoms with E-state index in [1.165, 1.54) is 46.4 Å². The van der Waals surface area contributed by atoms with E-state index in [-0.39, 0.29) is 0 Å². The van der Waals surface area contributed by atoms with Crippen molar-refractivity contribution in [3.05, 3.63) is 59.2 Å². The average molecular weight is 387 g/mol. The first-order chi connectivity index (χ1) is 13.7. The molecule has 3 aromatic carbocycles. The SMILES string of the molecule is Cc1cccc2c1ccc1c3c(ccc12)[C@](C)([C@H](C)C[C@H](C)[C@@H](C)C(C)C)CC3. The lowest BCUT2D eigenvalue weighted by atomic mass is 9.68. The minimum atomic E-state index is 0.302. The van der Waals surface area contributed by atoms with Gasteiger partial charge >= 0.3 is 0 Å². The van der Waals surface area contributed by atoms with Crippen LogP contribution in [0.3, 0.4) is 0 Å². The van der Waals surface area contributed by atoms with Crippen LogP contribution >= 0.6 is 0 Å². The van der Waals surface area contributed by atoms with E-state index in [9.17, 15) is 0 Å². The normalized spacial score (nSPS) is 22.2. The number of rotatable bonds is 5. The molecule has 0 nitrogen and oxygen atoms in total. The van der Waals surface area contributed by atoms with Crippen LogP contribution in [0.15, 0.2) is 42.5 Å². The van der Waals surface area contributed by atoms with Crippen molar-refractivity contribution in [3.63, 3.8) is 0 Å². The number of fused-ring (bicyclic) bond motifs is 5. The van der Waals surface area contributed by atoms with Crippen LogP contribution in [0.4, 0.5) is 0 Å². The summed E-state index contributed by atoms with van der Waals surface area (Å²) < 4.78 is 0. The van der Waals surface area contributed by atoms with Gasteiger partial charge in [0.2, 0.25) is 0 Å². The Labute approximate surface area is 177 Å². The van der Waals surface area contributed by atoms with Gasteiger partial charge in [0, 0.05) is 0 Å². The minimum Gasteiger partial charge on any atom is -0.0625 e. The molecular weight excluding hydrogens is 348 g/mol. The van der Waals surface area contributed by atoms with Crippen molar-refractivity contribution >= 4 is 21.5 Å². The van der Waals surface area contributed by atoms with Gasteiger partial charge in [-0.25, -0.2) is 0 Å². The lowest BCUT2D eigenvalue weighted by molar-refractivity contribution is 0.201. The fourth-order valence-corrected chi connectivity index (χ4v) is 5.92. The predicted octanol–water partition coefficient (Wildman–Crippen LogP) is 8.46. The van der Waals surface area contributed by atoms with E-state index in [2.05, 4.69) is 90.9 Å². The van der Waals surface area contributed by atoms with E-state index >= 15 is 0 Å². The Morgan fingerprint density at radius 3 is 2.21 bits per heavy atom. The van der Waals surface area contributed by atoms with Crippen molar-refractivity contribution in [2.75, 3.05) is 0 Å². The first kappa shape index (κ1) is 20.5. The zero-order valence-electron chi connectivity index (χ0n) is 19.5. The third-order valence-electron chi connectivity index (χ3n) is 8.66. The molecule has 0 bridgehead atoms. The highest BCUT2D eigenvalue weighted by molar-refractivity contribution is 6.09. The van der Waals surface area contributed by atoms with Crippen LogP contribution in [-0.2, 0) is 11.8 Å². The molecule has 29 heavy (non-hydrogen) atoms. The molecular formula is C29H38. The molecule has 154 valence electrons. The molecule has 0 aliphatic heterocycles. The van der Waals surface area contributed by atoms with Crippen LogP contribution in [0.5, 0.6) is 0 Å². The minimum absolute atomic E-state index is 0.302. The van der Waals surface area contributed by atoms with Gasteiger partial charge in [-0.05, 0) is 93.5 Å². The largest absolute Gasteiger partial charge is 0.0625 e. The van der Waals surface area contributed by atoms with Crippen molar-refractivity contribution in [3.8, 4) is 0 Å². The maximum absolute atomic E-state index is 2.54. The Kier molecular flexibility index (Phi) is 5.26. The van der Waals surface area contributed by atoms with E-state index in [0.717, 1.165) is 17.8 Å². The molecule has 0 N–H and O–H groups in total. The van der Waals surface area contributed by atoms with E-state index in [4.69, 9.17) is 0 Å². The molecule has 0 heteroatoms. The molecule has 0 fully saturated rings. The summed E-state index contributed by atoms with van der Waals surface area (Å²) in [6.45, 7) is 16.9. The van der Waals surface area contributed by atoms with Gasteiger partial charge in [0.25, 0.3) is 0 Å². The molecule has 0 aromatic heterocycles. The summed E-state index contributed by atoms with van der Waals surface area (Å²) in [5.41, 5.74) is 4.91. The van der Waals surface area contributed by atoms with Gasteiger partial charge in [-0.1, -0.05) is 84.0 Å². The highest BCUT2D eigenvalue weighted by Crippen LogP contribution is 2.49. The third kappa shape index (κ3) is 3.29. The number of hydrogen-bond acceptors (Lipinski definition) is 0. The van der Waals surface area contributed by atoms with Crippen molar-refractivity contribution < 1.29 is 0 Å². The summed E-state index contributed by atoms with van der Waals surface area (Å²) in [6, 6.07) is 16.3.